The molecule has 1 aliphatic rings. The van der Waals surface area contributed by atoms with Gasteiger partial charge in [0.1, 0.15) is 0 Å². The fourth-order valence-corrected chi connectivity index (χ4v) is 2.38. The molecule has 2 nitrogen and oxygen atoms in total. The third-order valence-corrected chi connectivity index (χ3v) is 3.76. The molecule has 0 N–H and O–H groups in total. The minimum atomic E-state index is -0.0525. The molecule has 78 valence electrons. The molecule has 0 aliphatic carbocycles. The summed E-state index contributed by atoms with van der Waals surface area (Å²) in [5, 5.41) is 0. The Balaban J connectivity index is 2.66. The molecule has 0 bridgehead atoms. The van der Waals surface area contributed by atoms with Crippen LogP contribution < -0.4 is 0 Å². The number of methoxy groups -OCH3 is 1. The Kier molecular flexibility index (Phi) is 4.07. The van der Waals surface area contributed by atoms with E-state index < -0.39 is 0 Å². The molecule has 2 unspecified atom stereocenters. The molecule has 1 aliphatic heterocycles. The lowest BCUT2D eigenvalue weighted by atomic mass is 9.79. The molecule has 0 amide bonds. The average molecular weight is 204 g/mol. The molecule has 0 radical (unpaired) electrons. The van der Waals surface area contributed by atoms with Gasteiger partial charge in [0.2, 0.25) is 0 Å². The Morgan fingerprint density at radius 3 is 2.23 bits per heavy atom. The van der Waals surface area contributed by atoms with Gasteiger partial charge in [-0.2, -0.15) is 12.6 Å². The molecule has 5 atom stereocenters. The molecule has 0 aromatic carbocycles. The van der Waals surface area contributed by atoms with Gasteiger partial charge in [-0.1, -0.05) is 20.8 Å². The standard InChI is InChI=1S/C10H20O2S/c1-6-7(2)9(5-13)12-10(11-4)8(6)3/h6-10,13H,5H2,1-4H3/t6-,7-,8?,9?,10-/m0/s1. The lowest BCUT2D eigenvalue weighted by Gasteiger charge is -2.42. The van der Waals surface area contributed by atoms with Crippen LogP contribution in [0.5, 0.6) is 0 Å². The summed E-state index contributed by atoms with van der Waals surface area (Å²) in [6.45, 7) is 6.68. The minimum absolute atomic E-state index is 0.0525. The Morgan fingerprint density at radius 1 is 1.15 bits per heavy atom. The van der Waals surface area contributed by atoms with Crippen molar-refractivity contribution < 1.29 is 9.47 Å². The second-order valence-corrected chi connectivity index (χ2v) is 4.40. The van der Waals surface area contributed by atoms with Crippen LogP contribution in [0.1, 0.15) is 20.8 Å². The predicted octanol–water partition coefficient (Wildman–Crippen LogP) is 2.20. The molecule has 1 fully saturated rings. The zero-order valence-corrected chi connectivity index (χ0v) is 9.75. The van der Waals surface area contributed by atoms with Crippen molar-refractivity contribution in [2.45, 2.75) is 33.2 Å². The third kappa shape index (κ3) is 2.20. The van der Waals surface area contributed by atoms with Gasteiger partial charge < -0.3 is 9.47 Å². The number of rotatable bonds is 2. The van der Waals surface area contributed by atoms with Crippen molar-refractivity contribution >= 4 is 12.6 Å². The van der Waals surface area contributed by atoms with Gasteiger partial charge in [-0.3, -0.25) is 0 Å². The number of hydrogen-bond donors (Lipinski definition) is 1. The van der Waals surface area contributed by atoms with Gasteiger partial charge in [0, 0.05) is 18.8 Å². The first-order chi connectivity index (χ1) is 6.11. The second kappa shape index (κ2) is 4.67. The summed E-state index contributed by atoms with van der Waals surface area (Å²) in [7, 11) is 1.71. The highest BCUT2D eigenvalue weighted by Crippen LogP contribution is 2.35. The van der Waals surface area contributed by atoms with Crippen LogP contribution in [0.3, 0.4) is 0 Å². The van der Waals surface area contributed by atoms with Gasteiger partial charge in [0.15, 0.2) is 6.29 Å². The zero-order chi connectivity index (χ0) is 10.0. The van der Waals surface area contributed by atoms with Crippen LogP contribution in [0.4, 0.5) is 0 Å². The summed E-state index contributed by atoms with van der Waals surface area (Å²) in [4.78, 5) is 0. The monoisotopic (exact) mass is 204 g/mol. The van der Waals surface area contributed by atoms with E-state index in [0.717, 1.165) is 5.75 Å². The molecule has 3 heteroatoms. The summed E-state index contributed by atoms with van der Waals surface area (Å²) in [6, 6.07) is 0. The minimum Gasteiger partial charge on any atom is -0.356 e. The summed E-state index contributed by atoms with van der Waals surface area (Å²) in [5.74, 6) is 2.45. The first-order valence-electron chi connectivity index (χ1n) is 4.91. The smallest absolute Gasteiger partial charge is 0.160 e. The molecule has 1 heterocycles. The van der Waals surface area contributed by atoms with Gasteiger partial charge in [-0.25, -0.2) is 0 Å². The second-order valence-electron chi connectivity index (χ2n) is 4.04. The van der Waals surface area contributed by atoms with Crippen molar-refractivity contribution in [2.75, 3.05) is 12.9 Å². The molecule has 1 rings (SSSR count). The summed E-state index contributed by atoms with van der Waals surface area (Å²) in [5.41, 5.74) is 0. The quantitative estimate of drug-likeness (QED) is 0.695. The Labute approximate surface area is 86.4 Å². The van der Waals surface area contributed by atoms with E-state index in [9.17, 15) is 0 Å². The van der Waals surface area contributed by atoms with Crippen molar-refractivity contribution in [2.24, 2.45) is 17.8 Å². The van der Waals surface area contributed by atoms with Crippen LogP contribution >= 0.6 is 12.6 Å². The first kappa shape index (κ1) is 11.3. The van der Waals surface area contributed by atoms with E-state index in [2.05, 4.69) is 33.4 Å². The van der Waals surface area contributed by atoms with E-state index in [4.69, 9.17) is 9.47 Å². The van der Waals surface area contributed by atoms with Gasteiger partial charge in [-0.15, -0.1) is 0 Å². The van der Waals surface area contributed by atoms with Crippen molar-refractivity contribution in [3.8, 4) is 0 Å². The Hall–Kier alpha value is 0.270. The van der Waals surface area contributed by atoms with Gasteiger partial charge in [0.05, 0.1) is 6.10 Å². The topological polar surface area (TPSA) is 18.5 Å². The van der Waals surface area contributed by atoms with Crippen LogP contribution in [0.25, 0.3) is 0 Å². The highest BCUT2D eigenvalue weighted by molar-refractivity contribution is 7.80. The number of thiol groups is 1. The van der Waals surface area contributed by atoms with Crippen LogP contribution in [0, 0.1) is 17.8 Å². The first-order valence-corrected chi connectivity index (χ1v) is 5.54. The largest absolute Gasteiger partial charge is 0.356 e. The van der Waals surface area contributed by atoms with Crippen molar-refractivity contribution in [3.63, 3.8) is 0 Å². The average Bonchev–Trinajstić information content (AvgIpc) is 2.15. The lowest BCUT2D eigenvalue weighted by Crippen LogP contribution is -2.46. The molecule has 0 aromatic heterocycles. The summed E-state index contributed by atoms with van der Waals surface area (Å²) in [6.07, 6.45) is 0.183. The van der Waals surface area contributed by atoms with Crippen molar-refractivity contribution in [1.82, 2.24) is 0 Å². The van der Waals surface area contributed by atoms with E-state index in [1.807, 2.05) is 0 Å². The lowest BCUT2D eigenvalue weighted by molar-refractivity contribution is -0.231. The van der Waals surface area contributed by atoms with E-state index >= 15 is 0 Å². The van der Waals surface area contributed by atoms with Gasteiger partial charge in [-0.05, 0) is 11.8 Å². The number of hydrogen-bond acceptors (Lipinski definition) is 3. The summed E-state index contributed by atoms with van der Waals surface area (Å²) < 4.78 is 11.1. The van der Waals surface area contributed by atoms with E-state index in [1.165, 1.54) is 0 Å². The van der Waals surface area contributed by atoms with E-state index in [-0.39, 0.29) is 12.4 Å². The maximum Gasteiger partial charge on any atom is 0.160 e. The van der Waals surface area contributed by atoms with Crippen molar-refractivity contribution in [1.29, 1.82) is 0 Å². The predicted molar refractivity (Wildman–Crippen MR) is 57.0 cm³/mol. The van der Waals surface area contributed by atoms with Crippen molar-refractivity contribution in [3.05, 3.63) is 0 Å². The Morgan fingerprint density at radius 2 is 1.77 bits per heavy atom. The van der Waals surface area contributed by atoms with Gasteiger partial charge >= 0.3 is 0 Å². The molecular weight excluding hydrogens is 184 g/mol. The van der Waals surface area contributed by atoms with Gasteiger partial charge in [0.25, 0.3) is 0 Å². The molecule has 0 saturated carbocycles. The van der Waals surface area contributed by atoms with Crippen LogP contribution in [0.15, 0.2) is 0 Å². The van der Waals surface area contributed by atoms with E-state index in [1.54, 1.807) is 7.11 Å². The van der Waals surface area contributed by atoms with E-state index in [0.29, 0.717) is 17.8 Å². The molecule has 1 saturated heterocycles. The Bertz CT molecular complexity index is 143. The van der Waals surface area contributed by atoms with Crippen LogP contribution in [-0.2, 0) is 9.47 Å². The highest BCUT2D eigenvalue weighted by Gasteiger charge is 2.38. The maximum atomic E-state index is 5.78. The molecule has 13 heavy (non-hydrogen) atoms. The maximum absolute atomic E-state index is 5.78. The van der Waals surface area contributed by atoms with Crippen LogP contribution in [-0.4, -0.2) is 25.3 Å². The normalized spacial score (nSPS) is 46.4. The number of ether oxygens (including phenoxy) is 2. The fourth-order valence-electron chi connectivity index (χ4n) is 1.96. The SMILES string of the molecule is CO[C@H]1OC(CS)[C@@H](C)[C@H](C)C1C. The molecular formula is C10H20O2S. The zero-order valence-electron chi connectivity index (χ0n) is 8.86. The third-order valence-electron chi connectivity index (χ3n) is 3.40. The molecule has 0 spiro atoms. The van der Waals surface area contributed by atoms with Crippen LogP contribution in [0.2, 0.25) is 0 Å². The summed E-state index contributed by atoms with van der Waals surface area (Å²) >= 11 is 4.29. The molecule has 0 aromatic rings. The highest BCUT2D eigenvalue weighted by atomic mass is 32.1. The fraction of sp³-hybridized carbons (Fsp3) is 1.00.